The van der Waals surface area contributed by atoms with Crippen molar-refractivity contribution >= 4 is 34.5 Å². The molecule has 0 fully saturated rings. The number of amides is 1. The molecule has 0 radical (unpaired) electrons. The molecule has 7 nitrogen and oxygen atoms in total. The summed E-state index contributed by atoms with van der Waals surface area (Å²) in [6, 6.07) is 14.2. The smallest absolute Gasteiger partial charge is 0.289 e. The van der Waals surface area contributed by atoms with E-state index >= 15 is 0 Å². The quantitative estimate of drug-likeness (QED) is 0.314. The Labute approximate surface area is 189 Å². The van der Waals surface area contributed by atoms with Gasteiger partial charge in [-0.2, -0.15) is 0 Å². The van der Waals surface area contributed by atoms with Crippen LogP contribution < -0.4 is 5.32 Å². The fourth-order valence-electron chi connectivity index (χ4n) is 3.63. The number of benzene rings is 2. The Morgan fingerprint density at radius 2 is 1.88 bits per heavy atom. The number of halogens is 1. The molecule has 1 N–H and O–H groups in total. The van der Waals surface area contributed by atoms with Crippen molar-refractivity contribution in [3.05, 3.63) is 92.2 Å². The van der Waals surface area contributed by atoms with Crippen LogP contribution in [-0.2, 0) is 11.2 Å². The minimum Gasteiger partial charge on any atom is -0.325 e. The van der Waals surface area contributed by atoms with E-state index in [0.717, 1.165) is 33.7 Å². The zero-order chi connectivity index (χ0) is 23.0. The highest BCUT2D eigenvalue weighted by Crippen LogP contribution is 2.29. The van der Waals surface area contributed by atoms with E-state index in [9.17, 15) is 14.9 Å². The molecule has 0 spiro atoms. The maximum Gasteiger partial charge on any atom is 0.289 e. The first-order valence-electron chi connectivity index (χ1n) is 10.0. The van der Waals surface area contributed by atoms with Gasteiger partial charge in [-0.15, -0.1) is 0 Å². The number of aromatic nitrogens is 2. The summed E-state index contributed by atoms with van der Waals surface area (Å²) in [6.45, 7) is 6.06. The van der Waals surface area contributed by atoms with Crippen LogP contribution in [0.3, 0.4) is 0 Å². The molecular formula is C24H21ClN4O3. The maximum atomic E-state index is 12.9. The SMILES string of the molecule is Cc1ccc(-c2nc3c(C)cccn3c2CC(=O)Nc2ccc(Cl)c([N+](=O)[O-])c2)cc1C. The lowest BCUT2D eigenvalue weighted by molar-refractivity contribution is -0.384. The summed E-state index contributed by atoms with van der Waals surface area (Å²) in [5, 5.41) is 13.9. The molecule has 4 aromatic rings. The average Bonchev–Trinajstić information content (AvgIpc) is 3.11. The topological polar surface area (TPSA) is 89.5 Å². The number of nitro benzene ring substituents is 1. The molecule has 162 valence electrons. The first-order valence-corrected chi connectivity index (χ1v) is 10.4. The molecule has 2 aromatic carbocycles. The van der Waals surface area contributed by atoms with E-state index in [0.29, 0.717) is 5.69 Å². The highest BCUT2D eigenvalue weighted by molar-refractivity contribution is 6.32. The number of nitrogens with one attached hydrogen (secondary N) is 1. The lowest BCUT2D eigenvalue weighted by Gasteiger charge is -2.09. The van der Waals surface area contributed by atoms with Crippen LogP contribution in [-0.4, -0.2) is 20.2 Å². The minimum atomic E-state index is -0.580. The predicted octanol–water partition coefficient (Wildman–Crippen LogP) is 5.67. The van der Waals surface area contributed by atoms with Gasteiger partial charge in [0.1, 0.15) is 10.7 Å². The zero-order valence-electron chi connectivity index (χ0n) is 17.8. The van der Waals surface area contributed by atoms with E-state index in [-0.39, 0.29) is 23.0 Å². The molecule has 8 heteroatoms. The van der Waals surface area contributed by atoms with Crippen molar-refractivity contribution in [1.82, 2.24) is 9.38 Å². The van der Waals surface area contributed by atoms with Crippen LogP contribution in [0.5, 0.6) is 0 Å². The molecule has 2 aromatic heterocycles. The number of hydrogen-bond donors (Lipinski definition) is 1. The zero-order valence-corrected chi connectivity index (χ0v) is 18.6. The van der Waals surface area contributed by atoms with Gasteiger partial charge in [-0.25, -0.2) is 4.98 Å². The van der Waals surface area contributed by atoms with E-state index in [1.807, 2.05) is 55.6 Å². The Morgan fingerprint density at radius 1 is 1.09 bits per heavy atom. The molecular weight excluding hydrogens is 428 g/mol. The molecule has 0 bridgehead atoms. The first-order chi connectivity index (χ1) is 15.2. The summed E-state index contributed by atoms with van der Waals surface area (Å²) in [7, 11) is 0. The Hall–Kier alpha value is -3.71. The van der Waals surface area contributed by atoms with Gasteiger partial charge in [0, 0.05) is 23.5 Å². The van der Waals surface area contributed by atoms with E-state index in [1.165, 1.54) is 23.8 Å². The van der Waals surface area contributed by atoms with Gasteiger partial charge in [0.2, 0.25) is 5.91 Å². The molecule has 4 rings (SSSR count). The van der Waals surface area contributed by atoms with Gasteiger partial charge in [-0.3, -0.25) is 14.9 Å². The molecule has 1 amide bonds. The van der Waals surface area contributed by atoms with Crippen molar-refractivity contribution < 1.29 is 9.72 Å². The lowest BCUT2D eigenvalue weighted by atomic mass is 10.0. The van der Waals surface area contributed by atoms with Gasteiger partial charge >= 0.3 is 0 Å². The summed E-state index contributed by atoms with van der Waals surface area (Å²) < 4.78 is 1.92. The number of imidazole rings is 1. The minimum absolute atomic E-state index is 0.0160. The van der Waals surface area contributed by atoms with Crippen LogP contribution in [0.2, 0.25) is 5.02 Å². The third kappa shape index (κ3) is 4.07. The number of nitrogens with zero attached hydrogens (tertiary/aromatic N) is 3. The Bertz CT molecular complexity index is 1380. The summed E-state index contributed by atoms with van der Waals surface area (Å²) in [6.07, 6.45) is 1.93. The normalized spacial score (nSPS) is 11.0. The fourth-order valence-corrected chi connectivity index (χ4v) is 3.82. The van der Waals surface area contributed by atoms with Gasteiger partial charge in [0.25, 0.3) is 5.69 Å². The first kappa shape index (κ1) is 21.5. The van der Waals surface area contributed by atoms with Crippen LogP contribution in [0.4, 0.5) is 11.4 Å². The Balaban J connectivity index is 1.73. The van der Waals surface area contributed by atoms with Crippen molar-refractivity contribution in [3.8, 4) is 11.3 Å². The van der Waals surface area contributed by atoms with E-state index < -0.39 is 4.92 Å². The molecule has 0 aliphatic heterocycles. The van der Waals surface area contributed by atoms with Crippen molar-refractivity contribution in [2.24, 2.45) is 0 Å². The monoisotopic (exact) mass is 448 g/mol. The highest BCUT2D eigenvalue weighted by atomic mass is 35.5. The summed E-state index contributed by atoms with van der Waals surface area (Å²) in [4.78, 5) is 28.3. The van der Waals surface area contributed by atoms with Gasteiger partial charge in [0.15, 0.2) is 0 Å². The van der Waals surface area contributed by atoms with Gasteiger partial charge in [-0.1, -0.05) is 29.8 Å². The largest absolute Gasteiger partial charge is 0.325 e. The average molecular weight is 449 g/mol. The second kappa shape index (κ2) is 8.43. The van der Waals surface area contributed by atoms with Crippen molar-refractivity contribution in [2.45, 2.75) is 27.2 Å². The standard InChI is InChI=1S/C24H21ClN4O3/c1-14-6-7-17(11-16(14)3)23-21(28-10-4-5-15(2)24(28)27-23)13-22(30)26-18-8-9-19(25)20(12-18)29(31)32/h4-12H,13H2,1-3H3,(H,26,30). The third-order valence-corrected chi connectivity index (χ3v) is 5.80. The van der Waals surface area contributed by atoms with Crippen LogP contribution in [0.25, 0.3) is 16.9 Å². The molecule has 0 aliphatic carbocycles. The number of pyridine rings is 1. The number of carbonyl (C=O) groups excluding carboxylic acids is 1. The second-order valence-corrected chi connectivity index (χ2v) is 8.15. The van der Waals surface area contributed by atoms with E-state index in [4.69, 9.17) is 16.6 Å². The van der Waals surface area contributed by atoms with Crippen molar-refractivity contribution in [1.29, 1.82) is 0 Å². The Kier molecular flexibility index (Phi) is 5.67. The van der Waals surface area contributed by atoms with Crippen LogP contribution >= 0.6 is 11.6 Å². The van der Waals surface area contributed by atoms with Crippen molar-refractivity contribution in [2.75, 3.05) is 5.32 Å². The van der Waals surface area contributed by atoms with E-state index in [2.05, 4.69) is 11.4 Å². The molecule has 0 aliphatic rings. The van der Waals surface area contributed by atoms with Gasteiger partial charge in [-0.05, 0) is 61.7 Å². The van der Waals surface area contributed by atoms with Gasteiger partial charge in [0.05, 0.1) is 22.7 Å². The van der Waals surface area contributed by atoms with Gasteiger partial charge < -0.3 is 9.72 Å². The number of hydrogen-bond acceptors (Lipinski definition) is 4. The summed E-state index contributed by atoms with van der Waals surface area (Å²) >= 11 is 5.87. The number of anilines is 1. The molecule has 0 atom stereocenters. The molecule has 0 saturated heterocycles. The number of rotatable bonds is 5. The van der Waals surface area contributed by atoms with Crippen molar-refractivity contribution in [3.63, 3.8) is 0 Å². The van der Waals surface area contributed by atoms with Crippen LogP contribution in [0.15, 0.2) is 54.7 Å². The summed E-state index contributed by atoms with van der Waals surface area (Å²) in [5.41, 5.74) is 6.56. The number of carbonyl (C=O) groups is 1. The Morgan fingerprint density at radius 3 is 2.59 bits per heavy atom. The molecule has 32 heavy (non-hydrogen) atoms. The second-order valence-electron chi connectivity index (χ2n) is 7.74. The molecule has 0 saturated carbocycles. The maximum absolute atomic E-state index is 12.9. The van der Waals surface area contributed by atoms with Crippen LogP contribution in [0.1, 0.15) is 22.4 Å². The fraction of sp³-hybridized carbons (Fsp3) is 0.167. The number of aryl methyl sites for hydroxylation is 3. The van der Waals surface area contributed by atoms with E-state index in [1.54, 1.807) is 0 Å². The number of nitro groups is 1. The highest BCUT2D eigenvalue weighted by Gasteiger charge is 2.20. The number of fused-ring (bicyclic) bond motifs is 1. The lowest BCUT2D eigenvalue weighted by Crippen LogP contribution is -2.16. The molecule has 2 heterocycles. The third-order valence-electron chi connectivity index (χ3n) is 5.48. The van der Waals surface area contributed by atoms with Crippen LogP contribution in [0, 0.1) is 30.9 Å². The predicted molar refractivity (Wildman–Crippen MR) is 125 cm³/mol. The molecule has 0 unspecified atom stereocenters. The summed E-state index contributed by atoms with van der Waals surface area (Å²) in [5.74, 6) is -0.310.